The third-order valence-electron chi connectivity index (χ3n) is 9.15. The SMILES string of the molecule is C#CC1(O)CC2CCC3C(CCC4(C)C3CCC4(C)O)C2(C)C1. The van der Waals surface area contributed by atoms with Gasteiger partial charge in [-0.05, 0) is 92.8 Å². The molecule has 2 heteroatoms. The Bertz CT molecular complexity index is 561. The molecule has 128 valence electrons. The van der Waals surface area contributed by atoms with E-state index in [2.05, 4.69) is 26.7 Å². The van der Waals surface area contributed by atoms with E-state index in [0.717, 1.165) is 25.7 Å². The number of hydrogen-bond donors (Lipinski definition) is 2. The predicted molar refractivity (Wildman–Crippen MR) is 91.5 cm³/mol. The van der Waals surface area contributed by atoms with Gasteiger partial charge in [0, 0.05) is 0 Å². The Morgan fingerprint density at radius 3 is 2.35 bits per heavy atom. The maximum atomic E-state index is 10.9. The fourth-order valence-corrected chi connectivity index (χ4v) is 7.61. The van der Waals surface area contributed by atoms with Crippen LogP contribution in [0.4, 0.5) is 0 Å². The molecule has 0 bridgehead atoms. The minimum Gasteiger partial charge on any atom is -0.390 e. The van der Waals surface area contributed by atoms with Crippen molar-refractivity contribution in [1.29, 1.82) is 0 Å². The molecule has 0 radical (unpaired) electrons. The minimum absolute atomic E-state index is 0.0817. The van der Waals surface area contributed by atoms with Crippen LogP contribution in [0.15, 0.2) is 0 Å². The van der Waals surface area contributed by atoms with Crippen LogP contribution in [0, 0.1) is 46.8 Å². The molecule has 2 N–H and O–H groups in total. The normalized spacial score (nSPS) is 61.4. The quantitative estimate of drug-likeness (QED) is 0.668. The zero-order valence-electron chi connectivity index (χ0n) is 14.9. The highest BCUT2D eigenvalue weighted by molar-refractivity contribution is 5.20. The van der Waals surface area contributed by atoms with Crippen LogP contribution < -0.4 is 0 Å². The second-order valence-corrected chi connectivity index (χ2v) is 9.98. The van der Waals surface area contributed by atoms with Crippen molar-refractivity contribution in [2.75, 3.05) is 0 Å². The van der Waals surface area contributed by atoms with Crippen molar-refractivity contribution in [3.63, 3.8) is 0 Å². The van der Waals surface area contributed by atoms with Gasteiger partial charge in [0.15, 0.2) is 0 Å². The topological polar surface area (TPSA) is 40.5 Å². The molecule has 0 heterocycles. The van der Waals surface area contributed by atoms with Crippen LogP contribution in [0.5, 0.6) is 0 Å². The average molecular weight is 316 g/mol. The fraction of sp³-hybridized carbons (Fsp3) is 0.905. The Labute approximate surface area is 141 Å². The van der Waals surface area contributed by atoms with Crippen molar-refractivity contribution in [3.05, 3.63) is 0 Å². The van der Waals surface area contributed by atoms with Gasteiger partial charge in [-0.1, -0.05) is 19.8 Å². The molecule has 0 saturated heterocycles. The van der Waals surface area contributed by atoms with Gasteiger partial charge in [-0.3, -0.25) is 0 Å². The van der Waals surface area contributed by atoms with Crippen molar-refractivity contribution in [2.24, 2.45) is 34.5 Å². The lowest BCUT2D eigenvalue weighted by atomic mass is 9.47. The summed E-state index contributed by atoms with van der Waals surface area (Å²) in [6, 6.07) is 0. The van der Waals surface area contributed by atoms with Gasteiger partial charge in [0.25, 0.3) is 0 Å². The number of hydrogen-bond acceptors (Lipinski definition) is 2. The summed E-state index contributed by atoms with van der Waals surface area (Å²) < 4.78 is 0. The first-order chi connectivity index (χ1) is 10.7. The number of rotatable bonds is 0. The molecular formula is C21H32O2. The second-order valence-electron chi connectivity index (χ2n) is 9.98. The van der Waals surface area contributed by atoms with Crippen LogP contribution in [0.25, 0.3) is 0 Å². The second kappa shape index (κ2) is 4.55. The summed E-state index contributed by atoms with van der Waals surface area (Å²) in [5.41, 5.74) is -1.11. The Morgan fingerprint density at radius 2 is 1.65 bits per heavy atom. The first kappa shape index (κ1) is 16.0. The summed E-state index contributed by atoms with van der Waals surface area (Å²) >= 11 is 0. The van der Waals surface area contributed by atoms with E-state index in [9.17, 15) is 10.2 Å². The van der Waals surface area contributed by atoms with Crippen molar-refractivity contribution >= 4 is 0 Å². The molecule has 0 spiro atoms. The lowest BCUT2D eigenvalue weighted by molar-refractivity contribution is -0.133. The van der Waals surface area contributed by atoms with E-state index >= 15 is 0 Å². The molecule has 8 unspecified atom stereocenters. The molecule has 4 saturated carbocycles. The summed E-state index contributed by atoms with van der Waals surface area (Å²) in [4.78, 5) is 0. The summed E-state index contributed by atoms with van der Waals surface area (Å²) in [5, 5.41) is 21.7. The smallest absolute Gasteiger partial charge is 0.126 e. The molecule has 4 fully saturated rings. The van der Waals surface area contributed by atoms with Crippen LogP contribution in [-0.4, -0.2) is 21.4 Å². The zero-order valence-corrected chi connectivity index (χ0v) is 14.9. The van der Waals surface area contributed by atoms with Crippen LogP contribution in [-0.2, 0) is 0 Å². The van der Waals surface area contributed by atoms with Gasteiger partial charge in [0.1, 0.15) is 5.60 Å². The molecule has 0 aromatic heterocycles. The molecule has 4 aliphatic carbocycles. The zero-order chi connectivity index (χ0) is 16.7. The molecular weight excluding hydrogens is 284 g/mol. The van der Waals surface area contributed by atoms with Gasteiger partial charge in [0.05, 0.1) is 5.60 Å². The third kappa shape index (κ3) is 1.90. The first-order valence-corrected chi connectivity index (χ1v) is 9.58. The monoisotopic (exact) mass is 316 g/mol. The molecule has 4 rings (SSSR count). The first-order valence-electron chi connectivity index (χ1n) is 9.58. The standard InChI is InChI=1S/C21H32O2/c1-5-21(23)12-14-6-7-15-16(18(14,2)13-21)8-10-19(3)17(15)9-11-20(19,4)22/h1,14-17,22-23H,6-13H2,2-4H3. The van der Waals surface area contributed by atoms with Gasteiger partial charge >= 0.3 is 0 Å². The van der Waals surface area contributed by atoms with Crippen molar-refractivity contribution in [3.8, 4) is 12.3 Å². The average Bonchev–Trinajstić information content (AvgIpc) is 2.90. The number of terminal acetylenes is 1. The van der Waals surface area contributed by atoms with Gasteiger partial charge in [-0.25, -0.2) is 0 Å². The maximum Gasteiger partial charge on any atom is 0.126 e. The van der Waals surface area contributed by atoms with Gasteiger partial charge < -0.3 is 10.2 Å². The molecule has 23 heavy (non-hydrogen) atoms. The van der Waals surface area contributed by atoms with Gasteiger partial charge in [-0.15, -0.1) is 6.42 Å². The summed E-state index contributed by atoms with van der Waals surface area (Å²) in [7, 11) is 0. The third-order valence-corrected chi connectivity index (χ3v) is 9.15. The molecule has 0 amide bonds. The molecule has 0 aromatic rings. The molecule has 0 aromatic carbocycles. The minimum atomic E-state index is -0.879. The maximum absolute atomic E-state index is 10.9. The fourth-order valence-electron chi connectivity index (χ4n) is 7.61. The van der Waals surface area contributed by atoms with E-state index in [1.807, 2.05) is 0 Å². The highest BCUT2D eigenvalue weighted by atomic mass is 16.3. The van der Waals surface area contributed by atoms with Crippen LogP contribution >= 0.6 is 0 Å². The van der Waals surface area contributed by atoms with E-state index in [1.165, 1.54) is 25.7 Å². The Morgan fingerprint density at radius 1 is 0.957 bits per heavy atom. The largest absolute Gasteiger partial charge is 0.390 e. The van der Waals surface area contributed by atoms with Crippen molar-refractivity contribution < 1.29 is 10.2 Å². The van der Waals surface area contributed by atoms with Crippen molar-refractivity contribution in [2.45, 2.75) is 83.3 Å². The van der Waals surface area contributed by atoms with Gasteiger partial charge in [-0.2, -0.15) is 0 Å². The van der Waals surface area contributed by atoms with E-state index in [1.54, 1.807) is 0 Å². The highest BCUT2D eigenvalue weighted by Crippen LogP contribution is 2.69. The molecule has 8 atom stereocenters. The van der Waals surface area contributed by atoms with E-state index in [-0.39, 0.29) is 10.8 Å². The van der Waals surface area contributed by atoms with Crippen LogP contribution in [0.2, 0.25) is 0 Å². The van der Waals surface area contributed by atoms with E-state index in [0.29, 0.717) is 23.7 Å². The molecule has 2 nitrogen and oxygen atoms in total. The van der Waals surface area contributed by atoms with Crippen molar-refractivity contribution in [1.82, 2.24) is 0 Å². The van der Waals surface area contributed by atoms with Crippen LogP contribution in [0.1, 0.15) is 72.1 Å². The number of aliphatic hydroxyl groups is 2. The Kier molecular flexibility index (Phi) is 3.16. The van der Waals surface area contributed by atoms with Crippen LogP contribution in [0.3, 0.4) is 0 Å². The lowest BCUT2D eigenvalue weighted by Crippen LogP contribution is -2.54. The Hall–Kier alpha value is -0.520. The number of fused-ring (bicyclic) bond motifs is 5. The summed E-state index contributed by atoms with van der Waals surface area (Å²) in [6.45, 7) is 6.80. The summed E-state index contributed by atoms with van der Waals surface area (Å²) in [6.07, 6.45) is 14.1. The lowest BCUT2D eigenvalue weighted by Gasteiger charge is -2.58. The predicted octanol–water partition coefficient (Wildman–Crippen LogP) is 3.75. The van der Waals surface area contributed by atoms with Gasteiger partial charge in [0.2, 0.25) is 0 Å². The Balaban J connectivity index is 1.67. The highest BCUT2D eigenvalue weighted by Gasteiger charge is 2.65. The summed E-state index contributed by atoms with van der Waals surface area (Å²) in [5.74, 6) is 5.31. The molecule has 0 aliphatic heterocycles. The van der Waals surface area contributed by atoms with E-state index in [4.69, 9.17) is 6.42 Å². The van der Waals surface area contributed by atoms with E-state index < -0.39 is 11.2 Å². The molecule has 4 aliphatic rings.